The number of hydrogen-bond acceptors (Lipinski definition) is 5. The summed E-state index contributed by atoms with van der Waals surface area (Å²) in [5, 5.41) is 9.64. The molecular weight excluding hydrogens is 406 g/mol. The third-order valence-electron chi connectivity index (χ3n) is 6.50. The molecule has 6 nitrogen and oxygen atoms in total. The zero-order chi connectivity index (χ0) is 22.5. The molecule has 2 atom stereocenters. The van der Waals surface area contributed by atoms with Crippen LogP contribution in [0.25, 0.3) is 0 Å². The zero-order valence-corrected chi connectivity index (χ0v) is 18.3. The third kappa shape index (κ3) is 2.83. The summed E-state index contributed by atoms with van der Waals surface area (Å²) in [6.45, 7) is 2.63. The molecule has 0 aromatic heterocycles. The van der Waals surface area contributed by atoms with Crippen LogP contribution < -0.4 is 14.2 Å². The first-order chi connectivity index (χ1) is 15.5. The number of carbonyl (C=O) groups excluding carboxylic acids is 1. The predicted octanol–water partition coefficient (Wildman–Crippen LogP) is 3.81. The molecule has 164 valence electrons. The maximum atomic E-state index is 13.3. The van der Waals surface area contributed by atoms with E-state index in [1.165, 1.54) is 0 Å². The van der Waals surface area contributed by atoms with Crippen molar-refractivity contribution in [1.29, 1.82) is 0 Å². The van der Waals surface area contributed by atoms with Gasteiger partial charge in [0.2, 0.25) is 6.10 Å². The highest BCUT2D eigenvalue weighted by Gasteiger charge is 2.66. The molecule has 2 aliphatic heterocycles. The highest BCUT2D eigenvalue weighted by molar-refractivity contribution is 5.94. The molecule has 0 unspecified atom stereocenters. The van der Waals surface area contributed by atoms with Gasteiger partial charge in [-0.05, 0) is 66.4 Å². The molecule has 6 heteroatoms. The standard InChI is InChI=1S/C26H25NO5/c1-16-4-6-18(7-5-16)26-21-15-23(31-3)22(30-2)14-17(21)12-13-27(26)25(29)24(26)32-20-10-8-19(28)9-11-20/h4-11,14-15,24,28H,12-13H2,1-3H3/t24-,26+/m0/s1. The minimum absolute atomic E-state index is 0.0564. The average molecular weight is 431 g/mol. The number of nitrogens with zero attached hydrogens (tertiary/aromatic N) is 1. The van der Waals surface area contributed by atoms with Crippen molar-refractivity contribution in [2.24, 2.45) is 0 Å². The van der Waals surface area contributed by atoms with Gasteiger partial charge in [-0.15, -0.1) is 0 Å². The highest BCUT2D eigenvalue weighted by atomic mass is 16.5. The van der Waals surface area contributed by atoms with Gasteiger partial charge in [0.1, 0.15) is 17.0 Å². The summed E-state index contributed by atoms with van der Waals surface area (Å²) in [5.74, 6) is 1.90. The number of phenolic OH excluding ortho intramolecular Hbond substituents is 1. The first-order valence-electron chi connectivity index (χ1n) is 10.6. The smallest absolute Gasteiger partial charge is 0.268 e. The number of phenols is 1. The number of methoxy groups -OCH3 is 2. The number of aromatic hydroxyl groups is 1. The lowest BCUT2D eigenvalue weighted by Gasteiger charge is -2.59. The van der Waals surface area contributed by atoms with Gasteiger partial charge in [0, 0.05) is 6.54 Å². The van der Waals surface area contributed by atoms with Crippen LogP contribution in [-0.2, 0) is 16.8 Å². The van der Waals surface area contributed by atoms with E-state index >= 15 is 0 Å². The van der Waals surface area contributed by atoms with Gasteiger partial charge < -0.3 is 24.2 Å². The van der Waals surface area contributed by atoms with E-state index < -0.39 is 11.6 Å². The monoisotopic (exact) mass is 431 g/mol. The van der Waals surface area contributed by atoms with Gasteiger partial charge >= 0.3 is 0 Å². The van der Waals surface area contributed by atoms with Crippen LogP contribution in [0.4, 0.5) is 0 Å². The summed E-state index contributed by atoms with van der Waals surface area (Å²) >= 11 is 0. The SMILES string of the molecule is COc1cc2c(cc1OC)[C@]1(c3ccc(C)cc3)[C@@H](Oc3ccc(O)cc3)C(=O)N1CC2. The third-order valence-corrected chi connectivity index (χ3v) is 6.50. The number of ether oxygens (including phenoxy) is 3. The lowest BCUT2D eigenvalue weighted by molar-refractivity contribution is -0.178. The maximum Gasteiger partial charge on any atom is 0.268 e. The van der Waals surface area contributed by atoms with Crippen molar-refractivity contribution in [3.8, 4) is 23.0 Å². The number of carbonyl (C=O) groups is 1. The van der Waals surface area contributed by atoms with E-state index in [0.29, 0.717) is 23.8 Å². The fourth-order valence-corrected chi connectivity index (χ4v) is 4.92. The Morgan fingerprint density at radius 3 is 2.28 bits per heavy atom. The Bertz CT molecular complexity index is 1170. The van der Waals surface area contributed by atoms with Gasteiger partial charge in [-0.25, -0.2) is 0 Å². The second-order valence-corrected chi connectivity index (χ2v) is 8.23. The molecule has 0 aliphatic carbocycles. The van der Waals surface area contributed by atoms with Gasteiger partial charge in [0.15, 0.2) is 11.5 Å². The molecule has 1 amide bonds. The summed E-state index contributed by atoms with van der Waals surface area (Å²) in [4.78, 5) is 15.2. The van der Waals surface area contributed by atoms with Crippen LogP contribution in [0.5, 0.6) is 23.0 Å². The minimum Gasteiger partial charge on any atom is -0.508 e. The minimum atomic E-state index is -0.782. The molecule has 1 fully saturated rings. The Kier molecular flexibility index (Phi) is 4.73. The van der Waals surface area contributed by atoms with Gasteiger partial charge in [-0.2, -0.15) is 0 Å². The number of benzene rings is 3. The number of amides is 1. The molecule has 0 bridgehead atoms. The molecule has 5 rings (SSSR count). The Morgan fingerprint density at radius 1 is 0.969 bits per heavy atom. The number of aryl methyl sites for hydroxylation is 1. The number of β-lactam (4-membered cyclic amide) rings is 1. The Balaban J connectivity index is 1.71. The maximum absolute atomic E-state index is 13.3. The van der Waals surface area contributed by atoms with Gasteiger partial charge in [0.25, 0.3) is 5.91 Å². The molecule has 1 saturated heterocycles. The van der Waals surface area contributed by atoms with Crippen molar-refractivity contribution < 1.29 is 24.1 Å². The zero-order valence-electron chi connectivity index (χ0n) is 18.3. The van der Waals surface area contributed by atoms with Crippen LogP contribution in [0.15, 0.2) is 60.7 Å². The first-order valence-corrected chi connectivity index (χ1v) is 10.6. The fourth-order valence-electron chi connectivity index (χ4n) is 4.92. The Hall–Kier alpha value is -3.67. The number of fused-ring (bicyclic) bond motifs is 3. The molecule has 3 aromatic rings. The molecular formula is C26H25NO5. The fraction of sp³-hybridized carbons (Fsp3) is 0.269. The molecule has 3 aromatic carbocycles. The van der Waals surface area contributed by atoms with E-state index in [1.807, 2.05) is 24.0 Å². The molecule has 2 heterocycles. The van der Waals surface area contributed by atoms with Crippen LogP contribution >= 0.6 is 0 Å². The Morgan fingerprint density at radius 2 is 1.62 bits per heavy atom. The second-order valence-electron chi connectivity index (χ2n) is 8.23. The van der Waals surface area contributed by atoms with Crippen molar-refractivity contribution in [2.75, 3.05) is 20.8 Å². The predicted molar refractivity (Wildman–Crippen MR) is 119 cm³/mol. The van der Waals surface area contributed by atoms with Gasteiger partial charge in [-0.3, -0.25) is 4.79 Å². The summed E-state index contributed by atoms with van der Waals surface area (Å²) in [5.41, 5.74) is 3.43. The van der Waals surface area contributed by atoms with Crippen LogP contribution in [0, 0.1) is 6.92 Å². The molecule has 1 N–H and O–H groups in total. The molecule has 32 heavy (non-hydrogen) atoms. The first kappa shape index (κ1) is 20.2. The number of hydrogen-bond donors (Lipinski definition) is 1. The normalized spacial score (nSPS) is 21.3. The topological polar surface area (TPSA) is 68.2 Å². The van der Waals surface area contributed by atoms with Crippen LogP contribution in [0.2, 0.25) is 0 Å². The summed E-state index contributed by atoms with van der Waals surface area (Å²) in [6.07, 6.45) is -0.0204. The van der Waals surface area contributed by atoms with Crippen molar-refractivity contribution in [3.63, 3.8) is 0 Å². The molecule has 2 aliphatic rings. The summed E-state index contributed by atoms with van der Waals surface area (Å²) in [6, 6.07) is 18.7. The lowest BCUT2D eigenvalue weighted by atomic mass is 9.66. The van der Waals surface area contributed by atoms with E-state index in [0.717, 1.165) is 28.7 Å². The van der Waals surface area contributed by atoms with Crippen molar-refractivity contribution in [1.82, 2.24) is 4.90 Å². The van der Waals surface area contributed by atoms with E-state index in [1.54, 1.807) is 38.5 Å². The number of rotatable bonds is 5. The van der Waals surface area contributed by atoms with Gasteiger partial charge in [-0.1, -0.05) is 29.8 Å². The molecule has 0 radical (unpaired) electrons. The van der Waals surface area contributed by atoms with E-state index in [-0.39, 0.29) is 11.7 Å². The molecule has 0 saturated carbocycles. The average Bonchev–Trinajstić information content (AvgIpc) is 2.82. The quantitative estimate of drug-likeness (QED) is 0.623. The molecule has 0 spiro atoms. The van der Waals surface area contributed by atoms with Crippen molar-refractivity contribution in [2.45, 2.75) is 25.0 Å². The van der Waals surface area contributed by atoms with Crippen LogP contribution in [0.1, 0.15) is 22.3 Å². The van der Waals surface area contributed by atoms with Gasteiger partial charge in [0.05, 0.1) is 14.2 Å². The lowest BCUT2D eigenvalue weighted by Crippen LogP contribution is -2.76. The summed E-state index contributed by atoms with van der Waals surface area (Å²) < 4.78 is 17.4. The van der Waals surface area contributed by atoms with E-state index in [9.17, 15) is 9.90 Å². The van der Waals surface area contributed by atoms with E-state index in [2.05, 4.69) is 24.3 Å². The van der Waals surface area contributed by atoms with Crippen LogP contribution in [0.3, 0.4) is 0 Å². The van der Waals surface area contributed by atoms with Crippen LogP contribution in [-0.4, -0.2) is 42.8 Å². The Labute approximate surface area is 187 Å². The van der Waals surface area contributed by atoms with E-state index in [4.69, 9.17) is 14.2 Å². The second kappa shape index (κ2) is 7.48. The van der Waals surface area contributed by atoms with Crippen molar-refractivity contribution in [3.05, 3.63) is 82.9 Å². The summed E-state index contributed by atoms with van der Waals surface area (Å²) in [7, 11) is 3.23. The largest absolute Gasteiger partial charge is 0.508 e. The highest BCUT2D eigenvalue weighted by Crippen LogP contribution is 2.54. The van der Waals surface area contributed by atoms with Crippen molar-refractivity contribution >= 4 is 5.91 Å².